The van der Waals surface area contributed by atoms with E-state index in [1.54, 1.807) is 23.1 Å². The number of hydrogen-bond donors (Lipinski definition) is 0. The molecule has 1 amide bonds. The van der Waals surface area contributed by atoms with Crippen LogP contribution in [0.3, 0.4) is 0 Å². The molecular formula is C21H22Cl3N3OS. The van der Waals surface area contributed by atoms with Crippen molar-refractivity contribution in [1.82, 2.24) is 9.88 Å². The Kier molecular flexibility index (Phi) is 7.41. The topological polar surface area (TPSA) is 36.4 Å². The lowest BCUT2D eigenvalue weighted by Crippen LogP contribution is -2.39. The Morgan fingerprint density at radius 3 is 2.45 bits per heavy atom. The minimum absolute atomic E-state index is 0.215. The van der Waals surface area contributed by atoms with Crippen LogP contribution in [0.25, 0.3) is 10.2 Å². The molecule has 0 radical (unpaired) electrons. The van der Waals surface area contributed by atoms with Crippen LogP contribution in [0.2, 0.25) is 15.1 Å². The number of halogens is 3. The van der Waals surface area contributed by atoms with Crippen molar-refractivity contribution in [1.29, 1.82) is 0 Å². The van der Waals surface area contributed by atoms with Gasteiger partial charge < -0.3 is 4.90 Å². The number of aryl methyl sites for hydroxylation is 1. The van der Waals surface area contributed by atoms with Gasteiger partial charge in [-0.3, -0.25) is 9.69 Å². The van der Waals surface area contributed by atoms with Crippen molar-refractivity contribution < 1.29 is 4.79 Å². The molecular weight excluding hydrogens is 449 g/mol. The van der Waals surface area contributed by atoms with Crippen LogP contribution in [0.5, 0.6) is 0 Å². The summed E-state index contributed by atoms with van der Waals surface area (Å²) < 4.78 is 0.947. The van der Waals surface area contributed by atoms with E-state index in [4.69, 9.17) is 39.8 Å². The molecule has 4 nitrogen and oxygen atoms in total. The molecule has 0 aliphatic heterocycles. The Morgan fingerprint density at radius 2 is 1.76 bits per heavy atom. The van der Waals surface area contributed by atoms with Gasteiger partial charge in [-0.2, -0.15) is 0 Å². The van der Waals surface area contributed by atoms with Crippen molar-refractivity contribution in [2.75, 3.05) is 31.1 Å². The highest BCUT2D eigenvalue weighted by Gasteiger charge is 2.24. The van der Waals surface area contributed by atoms with E-state index in [9.17, 15) is 4.79 Å². The number of thiazole rings is 1. The third-order valence-corrected chi connectivity index (χ3v) is 6.62. The molecule has 0 spiro atoms. The van der Waals surface area contributed by atoms with Crippen molar-refractivity contribution in [3.05, 3.63) is 56.5 Å². The van der Waals surface area contributed by atoms with E-state index in [-0.39, 0.29) is 5.91 Å². The zero-order chi connectivity index (χ0) is 21.1. The Balaban J connectivity index is 2.04. The molecule has 1 aromatic heterocycles. The van der Waals surface area contributed by atoms with Crippen LogP contribution in [0.15, 0.2) is 30.3 Å². The standard InChI is InChI=1S/C21H22Cl3N3OS/c1-4-26(5-2)8-9-27(20(28)16-11-14(22)6-7-17(16)24)21-25-19-13(3)10-15(23)12-18(19)29-21/h6-7,10-12H,4-5,8-9H2,1-3H3. The van der Waals surface area contributed by atoms with Crippen molar-refractivity contribution in [2.24, 2.45) is 0 Å². The predicted molar refractivity (Wildman–Crippen MR) is 125 cm³/mol. The number of amides is 1. The quantitative estimate of drug-likeness (QED) is 0.392. The number of carbonyl (C=O) groups excluding carboxylic acids is 1. The molecule has 0 aliphatic rings. The summed E-state index contributed by atoms with van der Waals surface area (Å²) in [6, 6.07) is 8.67. The zero-order valence-corrected chi connectivity index (χ0v) is 19.6. The van der Waals surface area contributed by atoms with Gasteiger partial charge in [-0.05, 0) is 55.9 Å². The van der Waals surface area contributed by atoms with Gasteiger partial charge in [0.25, 0.3) is 5.91 Å². The maximum atomic E-state index is 13.4. The van der Waals surface area contributed by atoms with Crippen LogP contribution in [-0.2, 0) is 0 Å². The number of hydrogen-bond acceptors (Lipinski definition) is 4. The molecule has 154 valence electrons. The van der Waals surface area contributed by atoms with E-state index in [2.05, 4.69) is 18.7 Å². The maximum Gasteiger partial charge on any atom is 0.261 e. The van der Waals surface area contributed by atoms with Gasteiger partial charge in [0.15, 0.2) is 5.13 Å². The van der Waals surface area contributed by atoms with E-state index in [0.29, 0.717) is 32.3 Å². The molecule has 0 bridgehead atoms. The third kappa shape index (κ3) is 5.04. The zero-order valence-electron chi connectivity index (χ0n) is 16.5. The number of likely N-dealkylation sites (N-methyl/N-ethyl adjacent to an activating group) is 1. The van der Waals surface area contributed by atoms with Gasteiger partial charge in [-0.25, -0.2) is 4.98 Å². The van der Waals surface area contributed by atoms with E-state index in [1.165, 1.54) is 11.3 Å². The largest absolute Gasteiger partial charge is 0.302 e. The Bertz CT molecular complexity index is 1030. The van der Waals surface area contributed by atoms with Crippen molar-refractivity contribution in [3.8, 4) is 0 Å². The Morgan fingerprint density at radius 1 is 1.03 bits per heavy atom. The minimum Gasteiger partial charge on any atom is -0.302 e. The number of aromatic nitrogens is 1. The molecule has 0 N–H and O–H groups in total. The third-order valence-electron chi connectivity index (χ3n) is 4.81. The fourth-order valence-corrected chi connectivity index (χ4v) is 4.95. The summed E-state index contributed by atoms with van der Waals surface area (Å²) >= 11 is 20.1. The van der Waals surface area contributed by atoms with Crippen LogP contribution < -0.4 is 4.90 Å². The fourth-order valence-electron chi connectivity index (χ4n) is 3.13. The van der Waals surface area contributed by atoms with Crippen molar-refractivity contribution in [2.45, 2.75) is 20.8 Å². The molecule has 0 saturated heterocycles. The van der Waals surface area contributed by atoms with Crippen LogP contribution in [-0.4, -0.2) is 42.0 Å². The molecule has 3 aromatic rings. The lowest BCUT2D eigenvalue weighted by Gasteiger charge is -2.25. The minimum atomic E-state index is -0.215. The van der Waals surface area contributed by atoms with Crippen LogP contribution in [0, 0.1) is 6.92 Å². The number of anilines is 1. The highest BCUT2D eigenvalue weighted by Crippen LogP contribution is 2.34. The molecule has 1 heterocycles. The average Bonchev–Trinajstić information content (AvgIpc) is 3.10. The molecule has 3 rings (SSSR count). The average molecular weight is 471 g/mol. The van der Waals surface area contributed by atoms with Crippen molar-refractivity contribution in [3.63, 3.8) is 0 Å². The second kappa shape index (κ2) is 9.63. The Hall–Kier alpha value is -1.37. The summed E-state index contributed by atoms with van der Waals surface area (Å²) in [6.07, 6.45) is 0. The number of rotatable bonds is 7. The van der Waals surface area contributed by atoms with Crippen LogP contribution in [0.4, 0.5) is 5.13 Å². The molecule has 29 heavy (non-hydrogen) atoms. The van der Waals surface area contributed by atoms with E-state index in [1.807, 2.05) is 19.1 Å². The van der Waals surface area contributed by atoms with E-state index < -0.39 is 0 Å². The van der Waals surface area contributed by atoms with Gasteiger partial charge in [-0.1, -0.05) is 60.0 Å². The monoisotopic (exact) mass is 469 g/mol. The molecule has 0 atom stereocenters. The second-order valence-electron chi connectivity index (χ2n) is 6.67. The first-order valence-corrected chi connectivity index (χ1v) is 11.3. The summed E-state index contributed by atoms with van der Waals surface area (Å²) in [5.41, 5.74) is 2.20. The van der Waals surface area contributed by atoms with Crippen molar-refractivity contribution >= 4 is 67.4 Å². The van der Waals surface area contributed by atoms with E-state index in [0.717, 1.165) is 35.4 Å². The molecule has 2 aromatic carbocycles. The van der Waals surface area contributed by atoms with Gasteiger partial charge in [0.1, 0.15) is 0 Å². The highest BCUT2D eigenvalue weighted by molar-refractivity contribution is 7.22. The first-order valence-electron chi connectivity index (χ1n) is 9.40. The lowest BCUT2D eigenvalue weighted by atomic mass is 10.2. The lowest BCUT2D eigenvalue weighted by molar-refractivity contribution is 0.0984. The predicted octanol–water partition coefficient (Wildman–Crippen LogP) is 6.55. The summed E-state index contributed by atoms with van der Waals surface area (Å²) in [6.45, 7) is 9.21. The van der Waals surface area contributed by atoms with E-state index >= 15 is 0 Å². The molecule has 8 heteroatoms. The normalized spacial score (nSPS) is 11.4. The summed E-state index contributed by atoms with van der Waals surface area (Å²) in [5, 5.41) is 2.11. The summed E-state index contributed by atoms with van der Waals surface area (Å²) in [7, 11) is 0. The number of benzene rings is 2. The summed E-state index contributed by atoms with van der Waals surface area (Å²) in [5.74, 6) is -0.215. The van der Waals surface area contributed by atoms with Crippen LogP contribution >= 0.6 is 46.1 Å². The molecule has 0 fully saturated rings. The van der Waals surface area contributed by atoms with Gasteiger partial charge in [0, 0.05) is 23.1 Å². The second-order valence-corrected chi connectivity index (χ2v) is 8.96. The Labute approximate surface area is 190 Å². The SMILES string of the molecule is CCN(CC)CCN(C(=O)c1cc(Cl)ccc1Cl)c1nc2c(C)cc(Cl)cc2s1. The van der Waals surface area contributed by atoms with Crippen LogP contribution in [0.1, 0.15) is 29.8 Å². The number of nitrogens with zero attached hydrogens (tertiary/aromatic N) is 3. The number of fused-ring (bicyclic) bond motifs is 1. The summed E-state index contributed by atoms with van der Waals surface area (Å²) in [4.78, 5) is 22.1. The van der Waals surface area contributed by atoms with Gasteiger partial charge >= 0.3 is 0 Å². The molecule has 0 unspecified atom stereocenters. The first kappa shape index (κ1) is 22.3. The molecule has 0 saturated carbocycles. The van der Waals surface area contributed by atoms with Gasteiger partial charge in [0.05, 0.1) is 20.8 Å². The number of carbonyl (C=O) groups is 1. The highest BCUT2D eigenvalue weighted by atomic mass is 35.5. The fraction of sp³-hybridized carbons (Fsp3) is 0.333. The molecule has 0 aliphatic carbocycles. The smallest absolute Gasteiger partial charge is 0.261 e. The van der Waals surface area contributed by atoms with Gasteiger partial charge in [0.2, 0.25) is 0 Å². The maximum absolute atomic E-state index is 13.4. The van der Waals surface area contributed by atoms with Gasteiger partial charge in [-0.15, -0.1) is 0 Å². The first-order chi connectivity index (χ1) is 13.8.